The molecule has 4 nitrogen and oxygen atoms in total. The van der Waals surface area contributed by atoms with Crippen molar-refractivity contribution in [2.75, 3.05) is 28.8 Å². The second-order valence-corrected chi connectivity index (χ2v) is 6.18. The maximum absolute atomic E-state index is 12.1. The number of para-hydroxylation sites is 1. The summed E-state index contributed by atoms with van der Waals surface area (Å²) in [5, 5.41) is 2.82. The molecule has 0 spiro atoms. The molecule has 5 heteroatoms. The Labute approximate surface area is 140 Å². The van der Waals surface area contributed by atoms with Crippen LogP contribution in [-0.4, -0.2) is 30.4 Å². The van der Waals surface area contributed by atoms with Crippen LogP contribution in [0.1, 0.15) is 5.56 Å². The number of benzene rings is 2. The van der Waals surface area contributed by atoms with Crippen LogP contribution in [0.3, 0.4) is 0 Å². The van der Waals surface area contributed by atoms with E-state index in [1.807, 2.05) is 61.5 Å². The largest absolute Gasteiger partial charge is 0.325 e. The van der Waals surface area contributed by atoms with Crippen LogP contribution in [0.4, 0.5) is 11.4 Å². The predicted molar refractivity (Wildman–Crippen MR) is 97.0 cm³/mol. The molecular weight excluding hydrogens is 308 g/mol. The number of amides is 2. The minimum atomic E-state index is -0.103. The van der Waals surface area contributed by atoms with Crippen LogP contribution in [-0.2, 0) is 9.59 Å². The molecule has 2 amide bonds. The van der Waals surface area contributed by atoms with E-state index in [1.165, 1.54) is 11.8 Å². The highest BCUT2D eigenvalue weighted by Crippen LogP contribution is 2.14. The standard InChI is InChI=1S/C18H20N2O2S/c1-14-8-10-15(11-9-14)19-17(21)12-23-13-18(22)20(2)16-6-4-3-5-7-16/h3-11H,12-13H2,1-2H3,(H,19,21). The highest BCUT2D eigenvalue weighted by molar-refractivity contribution is 8.00. The summed E-state index contributed by atoms with van der Waals surface area (Å²) in [6, 6.07) is 17.1. The van der Waals surface area contributed by atoms with E-state index in [1.54, 1.807) is 11.9 Å². The summed E-state index contributed by atoms with van der Waals surface area (Å²) in [5.41, 5.74) is 2.77. The summed E-state index contributed by atoms with van der Waals surface area (Å²) in [6.45, 7) is 2.00. The highest BCUT2D eigenvalue weighted by Gasteiger charge is 2.11. The second kappa shape index (κ2) is 8.39. The number of anilines is 2. The Hall–Kier alpha value is -2.27. The van der Waals surface area contributed by atoms with E-state index < -0.39 is 0 Å². The highest BCUT2D eigenvalue weighted by atomic mass is 32.2. The van der Waals surface area contributed by atoms with Gasteiger partial charge in [-0.2, -0.15) is 0 Å². The van der Waals surface area contributed by atoms with Crippen LogP contribution in [0, 0.1) is 6.92 Å². The maximum Gasteiger partial charge on any atom is 0.236 e. The first-order valence-electron chi connectivity index (χ1n) is 7.32. The summed E-state index contributed by atoms with van der Waals surface area (Å²) in [4.78, 5) is 25.6. The summed E-state index contributed by atoms with van der Waals surface area (Å²) in [5.74, 6) is 0.396. The Morgan fingerprint density at radius 1 is 1.00 bits per heavy atom. The minimum absolute atomic E-state index is 0.0238. The van der Waals surface area contributed by atoms with E-state index in [2.05, 4.69) is 5.32 Å². The summed E-state index contributed by atoms with van der Waals surface area (Å²) >= 11 is 1.31. The molecule has 0 atom stereocenters. The van der Waals surface area contributed by atoms with Crippen molar-refractivity contribution in [1.82, 2.24) is 0 Å². The van der Waals surface area contributed by atoms with Gasteiger partial charge in [0.15, 0.2) is 0 Å². The van der Waals surface area contributed by atoms with E-state index in [0.717, 1.165) is 16.9 Å². The predicted octanol–water partition coefficient (Wildman–Crippen LogP) is 3.33. The van der Waals surface area contributed by atoms with E-state index in [-0.39, 0.29) is 23.3 Å². The molecule has 0 fully saturated rings. The minimum Gasteiger partial charge on any atom is -0.325 e. The summed E-state index contributed by atoms with van der Waals surface area (Å²) < 4.78 is 0. The lowest BCUT2D eigenvalue weighted by Gasteiger charge is -2.16. The van der Waals surface area contributed by atoms with Crippen molar-refractivity contribution in [2.24, 2.45) is 0 Å². The summed E-state index contributed by atoms with van der Waals surface area (Å²) in [6.07, 6.45) is 0. The van der Waals surface area contributed by atoms with Crippen molar-refractivity contribution in [3.63, 3.8) is 0 Å². The van der Waals surface area contributed by atoms with E-state index in [9.17, 15) is 9.59 Å². The van der Waals surface area contributed by atoms with Gasteiger partial charge in [0.1, 0.15) is 0 Å². The van der Waals surface area contributed by atoms with Gasteiger partial charge in [-0.15, -0.1) is 11.8 Å². The van der Waals surface area contributed by atoms with Crippen molar-refractivity contribution in [1.29, 1.82) is 0 Å². The lowest BCUT2D eigenvalue weighted by molar-refractivity contribution is -0.115. The molecule has 1 N–H and O–H groups in total. The Kier molecular flexibility index (Phi) is 6.23. The maximum atomic E-state index is 12.1. The Morgan fingerprint density at radius 2 is 1.65 bits per heavy atom. The molecule has 0 saturated heterocycles. The zero-order valence-electron chi connectivity index (χ0n) is 13.3. The normalized spacial score (nSPS) is 10.2. The van der Waals surface area contributed by atoms with Gasteiger partial charge in [0, 0.05) is 18.4 Å². The molecule has 2 aromatic rings. The quantitative estimate of drug-likeness (QED) is 0.885. The molecule has 120 valence electrons. The van der Waals surface area contributed by atoms with Gasteiger partial charge < -0.3 is 10.2 Å². The van der Waals surface area contributed by atoms with Gasteiger partial charge in [0.2, 0.25) is 11.8 Å². The third kappa shape index (κ3) is 5.45. The van der Waals surface area contributed by atoms with Gasteiger partial charge in [0.05, 0.1) is 11.5 Å². The average molecular weight is 328 g/mol. The van der Waals surface area contributed by atoms with Gasteiger partial charge in [-0.25, -0.2) is 0 Å². The zero-order valence-corrected chi connectivity index (χ0v) is 14.1. The van der Waals surface area contributed by atoms with Gasteiger partial charge in [0.25, 0.3) is 0 Å². The fraction of sp³-hybridized carbons (Fsp3) is 0.222. The number of hydrogen-bond donors (Lipinski definition) is 1. The number of thioether (sulfide) groups is 1. The SMILES string of the molecule is Cc1ccc(NC(=O)CSCC(=O)N(C)c2ccccc2)cc1. The first-order valence-corrected chi connectivity index (χ1v) is 8.47. The Balaban J connectivity index is 1.74. The molecule has 2 aromatic carbocycles. The van der Waals surface area contributed by atoms with E-state index >= 15 is 0 Å². The summed E-state index contributed by atoms with van der Waals surface area (Å²) in [7, 11) is 1.74. The van der Waals surface area contributed by atoms with Gasteiger partial charge in [-0.3, -0.25) is 9.59 Å². The van der Waals surface area contributed by atoms with Crippen molar-refractivity contribution in [3.8, 4) is 0 Å². The van der Waals surface area contributed by atoms with Crippen LogP contribution in [0.2, 0.25) is 0 Å². The number of carbonyl (C=O) groups excluding carboxylic acids is 2. The molecule has 23 heavy (non-hydrogen) atoms. The number of aryl methyl sites for hydroxylation is 1. The van der Waals surface area contributed by atoms with Crippen molar-refractivity contribution < 1.29 is 9.59 Å². The van der Waals surface area contributed by atoms with Crippen molar-refractivity contribution in [3.05, 3.63) is 60.2 Å². The van der Waals surface area contributed by atoms with Crippen molar-refractivity contribution >= 4 is 35.0 Å². The molecule has 0 aliphatic heterocycles. The lowest BCUT2D eigenvalue weighted by atomic mass is 10.2. The molecule has 0 bridgehead atoms. The average Bonchev–Trinajstić information content (AvgIpc) is 2.57. The third-order valence-electron chi connectivity index (χ3n) is 3.31. The molecule has 0 saturated carbocycles. The zero-order chi connectivity index (χ0) is 16.7. The molecule has 0 aromatic heterocycles. The first-order chi connectivity index (χ1) is 11.1. The number of hydrogen-bond acceptors (Lipinski definition) is 3. The number of carbonyl (C=O) groups is 2. The number of nitrogens with zero attached hydrogens (tertiary/aromatic N) is 1. The Bertz CT molecular complexity index is 656. The lowest BCUT2D eigenvalue weighted by Crippen LogP contribution is -2.28. The first kappa shape index (κ1) is 17.1. The molecular formula is C18H20N2O2S. The van der Waals surface area contributed by atoms with Crippen LogP contribution < -0.4 is 10.2 Å². The Morgan fingerprint density at radius 3 is 2.30 bits per heavy atom. The number of rotatable bonds is 6. The second-order valence-electron chi connectivity index (χ2n) is 5.20. The van der Waals surface area contributed by atoms with Crippen LogP contribution >= 0.6 is 11.8 Å². The topological polar surface area (TPSA) is 49.4 Å². The van der Waals surface area contributed by atoms with Crippen LogP contribution in [0.5, 0.6) is 0 Å². The van der Waals surface area contributed by atoms with Crippen LogP contribution in [0.15, 0.2) is 54.6 Å². The van der Waals surface area contributed by atoms with Gasteiger partial charge in [-0.05, 0) is 31.2 Å². The monoisotopic (exact) mass is 328 g/mol. The van der Waals surface area contributed by atoms with Crippen molar-refractivity contribution in [2.45, 2.75) is 6.92 Å². The fourth-order valence-electron chi connectivity index (χ4n) is 1.96. The van der Waals surface area contributed by atoms with E-state index in [0.29, 0.717) is 0 Å². The third-order valence-corrected chi connectivity index (χ3v) is 4.23. The van der Waals surface area contributed by atoms with E-state index in [4.69, 9.17) is 0 Å². The van der Waals surface area contributed by atoms with Gasteiger partial charge >= 0.3 is 0 Å². The smallest absolute Gasteiger partial charge is 0.236 e. The fourth-order valence-corrected chi connectivity index (χ4v) is 2.69. The van der Waals surface area contributed by atoms with Crippen LogP contribution in [0.25, 0.3) is 0 Å². The molecule has 0 heterocycles. The molecule has 0 radical (unpaired) electrons. The van der Waals surface area contributed by atoms with Gasteiger partial charge in [-0.1, -0.05) is 35.9 Å². The molecule has 0 aliphatic carbocycles. The molecule has 0 unspecified atom stereocenters. The molecule has 2 rings (SSSR count). The number of nitrogens with one attached hydrogen (secondary N) is 1. The molecule has 0 aliphatic rings.